The van der Waals surface area contributed by atoms with Gasteiger partial charge >= 0.3 is 0 Å². The minimum atomic E-state index is -2.73. The molecule has 16 rings (SSSR count). The number of rotatable bonds is 8. The van der Waals surface area contributed by atoms with Gasteiger partial charge in [-0.05, 0) is 194 Å². The lowest BCUT2D eigenvalue weighted by atomic mass is 9.96. The molecule has 560 valence electrons. The number of benzene rings is 8. The van der Waals surface area contributed by atoms with E-state index in [1.807, 2.05) is 171 Å². The van der Waals surface area contributed by atoms with E-state index in [0.29, 0.717) is 107 Å². The van der Waals surface area contributed by atoms with Gasteiger partial charge in [-0.3, -0.25) is 0 Å². The van der Waals surface area contributed by atoms with Crippen LogP contribution in [0.15, 0.2) is 163 Å². The Labute approximate surface area is 686 Å². The number of fused-ring (bicyclic) bond motifs is 12. The summed E-state index contributed by atoms with van der Waals surface area (Å²) in [5.74, 6) is -7.80. The van der Waals surface area contributed by atoms with Crippen molar-refractivity contribution in [3.8, 4) is 45.0 Å². The van der Waals surface area contributed by atoms with Crippen molar-refractivity contribution in [3.63, 3.8) is 0 Å². The SMILES string of the molecule is [2H]C([2H])([2H])C([2H])(C)c1cc(C)[n+](C)c(-c2c(C)ccc3c2oc2c(C)cc([N+]#[C-])cc23)c1.[2H]C([2H])([2H])C([2H])(C)c1cc(C)[n+](C)c(-c2c(C)ccc3c2oc2cc(C)c([N+]#[C-])cc23)c1.[2H]c1c(C([2H])(C)C([2H])([2H])[2H])c([2H])c(-c2c(C)ccc3c2oc2c(C)cc([N+]#[C-])cc23)[n+](C)c1C.[2H]c1c(C([2H])(C)C([2H])([2H])[2H])c([2H])c(-c2c(C)ccc3c2oc2cc(C)c([N+]#[C-])cc23)[n+](C)c1C. The molecule has 0 aliphatic heterocycles. The van der Waals surface area contributed by atoms with Crippen LogP contribution in [0.25, 0.3) is 152 Å². The third-order valence-electron chi connectivity index (χ3n) is 21.5. The van der Waals surface area contributed by atoms with Crippen LogP contribution in [0, 0.1) is 109 Å². The Morgan fingerprint density at radius 1 is 0.304 bits per heavy atom. The predicted octanol–water partition coefficient (Wildman–Crippen LogP) is 26.7. The largest absolute Gasteiger partial charge is 0.455 e. The lowest BCUT2D eigenvalue weighted by molar-refractivity contribution is -0.666. The zero-order chi connectivity index (χ0) is 97.8. The molecule has 0 aliphatic carbocycles. The molecule has 0 spiro atoms. The maximum atomic E-state index is 9.02. The molecule has 8 aromatic heterocycles. The zero-order valence-electron chi connectivity index (χ0n) is 86.8. The van der Waals surface area contributed by atoms with Crippen LogP contribution in [0.5, 0.6) is 0 Å². The first-order valence-corrected chi connectivity index (χ1v) is 36.6. The number of nitrogens with zero attached hydrogens (tertiary/aromatic N) is 8. The Morgan fingerprint density at radius 2 is 0.616 bits per heavy atom. The van der Waals surface area contributed by atoms with E-state index in [-0.39, 0.29) is 35.3 Å². The molecule has 0 saturated heterocycles. The highest BCUT2D eigenvalue weighted by Gasteiger charge is 2.30. The number of pyridine rings is 4. The van der Waals surface area contributed by atoms with Gasteiger partial charge in [0, 0.05) is 141 Å². The standard InChI is InChI=1S/4C25H25N2O/c2*1-14(2)18-11-17(5)27(7)22(12-18)23-15(3)8-9-20-21-13-19(26-6)10-16(4)24(21)28-25(20)23;2*1-14(2)18-11-17(5)27(7)22(12-18)24-15(3)8-9-19-20-13-21(26-6)16(4)10-23(20)28-25(19)24/h4*8-14H,1-5,7H3/q4*+1/i1D3,11D,12D,14D;1D3,14D;1D3,11D,12D,14D;1D3,14D. The molecule has 12 heteroatoms. The maximum absolute atomic E-state index is 9.02. The van der Waals surface area contributed by atoms with Crippen LogP contribution in [0.2, 0.25) is 0 Å². The number of hydrogen-bond acceptors (Lipinski definition) is 4. The van der Waals surface area contributed by atoms with Crippen LogP contribution < -0.4 is 18.3 Å². The van der Waals surface area contributed by atoms with Gasteiger partial charge in [-0.15, -0.1) is 0 Å². The molecule has 0 saturated carbocycles. The van der Waals surface area contributed by atoms with E-state index in [4.69, 9.17) is 71.4 Å². The topological polar surface area (TPSA) is 85.5 Å². The fourth-order valence-corrected chi connectivity index (χ4v) is 14.8. The van der Waals surface area contributed by atoms with Gasteiger partial charge in [0.1, 0.15) is 72.9 Å². The fraction of sp³-hybridized carbons (Fsp3) is 0.280. The summed E-state index contributed by atoms with van der Waals surface area (Å²) in [5.41, 5.74) is 22.7. The molecule has 8 heterocycles. The van der Waals surface area contributed by atoms with E-state index in [2.05, 4.69) is 19.4 Å². The molecule has 0 aliphatic rings. The summed E-state index contributed by atoms with van der Waals surface area (Å²) in [6.07, 6.45) is 0. The molecule has 12 nitrogen and oxygen atoms in total. The third-order valence-corrected chi connectivity index (χ3v) is 21.5. The predicted molar refractivity (Wildman–Crippen MR) is 460 cm³/mol. The Bertz CT molecular complexity index is 7780. The van der Waals surface area contributed by atoms with Crippen molar-refractivity contribution in [2.24, 2.45) is 28.2 Å². The van der Waals surface area contributed by atoms with Crippen LogP contribution in [-0.2, 0) is 28.2 Å². The Kier molecular flexibility index (Phi) is 15.2. The van der Waals surface area contributed by atoms with Gasteiger partial charge in [0.2, 0.25) is 22.8 Å². The third kappa shape index (κ3) is 13.9. The average molecular weight is 1500 g/mol. The lowest BCUT2D eigenvalue weighted by Crippen LogP contribution is -2.35. The highest BCUT2D eigenvalue weighted by molar-refractivity contribution is 6.15. The maximum Gasteiger partial charge on any atom is 0.216 e. The second-order valence-electron chi connectivity index (χ2n) is 29.3. The molecule has 112 heavy (non-hydrogen) atoms. The quantitative estimate of drug-likeness (QED) is 0.112. The number of hydrogen-bond donors (Lipinski definition) is 0. The van der Waals surface area contributed by atoms with Crippen molar-refractivity contribution in [2.45, 2.75) is 162 Å². The van der Waals surface area contributed by atoms with Crippen LogP contribution in [0.3, 0.4) is 0 Å². The molecule has 4 atom stereocenters. The first kappa shape index (κ1) is 55.8. The fourth-order valence-electron chi connectivity index (χ4n) is 14.8. The zero-order valence-corrected chi connectivity index (χ0v) is 66.8. The Hall–Kier alpha value is -12.5. The van der Waals surface area contributed by atoms with Crippen LogP contribution in [0.4, 0.5) is 22.7 Å². The Balaban J connectivity index is 0.000000150. The van der Waals surface area contributed by atoms with E-state index in [1.165, 1.54) is 27.7 Å². The van der Waals surface area contributed by atoms with Gasteiger partial charge in [-0.2, -0.15) is 18.3 Å². The summed E-state index contributed by atoms with van der Waals surface area (Å²) >= 11 is 0. The van der Waals surface area contributed by atoms with E-state index in [1.54, 1.807) is 79.5 Å². The smallest absolute Gasteiger partial charge is 0.216 e. The Morgan fingerprint density at radius 3 is 0.946 bits per heavy atom. The highest BCUT2D eigenvalue weighted by Crippen LogP contribution is 2.46. The second kappa shape index (κ2) is 30.4. The molecular weight excluding hydrogens is 1380 g/mol. The summed E-state index contributed by atoms with van der Waals surface area (Å²) in [7, 11) is 7.30. The molecule has 4 unspecified atom stereocenters. The number of aryl methyl sites for hydroxylation is 10. The van der Waals surface area contributed by atoms with Crippen molar-refractivity contribution in [2.75, 3.05) is 0 Å². The first-order valence-electron chi connectivity index (χ1n) is 46.6. The summed E-state index contributed by atoms with van der Waals surface area (Å²) in [6, 6.07) is 36.7. The highest BCUT2D eigenvalue weighted by atomic mass is 16.3. The van der Waals surface area contributed by atoms with Gasteiger partial charge in [-0.1, -0.05) is 104 Å². The van der Waals surface area contributed by atoms with Crippen molar-refractivity contribution >= 4 is 111 Å². The number of furan rings is 4. The molecule has 16 aromatic rings. The molecule has 0 fully saturated rings. The van der Waals surface area contributed by atoms with Gasteiger partial charge in [-0.25, -0.2) is 19.4 Å². The van der Waals surface area contributed by atoms with Crippen molar-refractivity contribution in [3.05, 3.63) is 281 Å². The monoisotopic (exact) mass is 1500 g/mol. The molecule has 0 amide bonds. The van der Waals surface area contributed by atoms with Crippen molar-refractivity contribution < 1.29 is 63.4 Å². The summed E-state index contributed by atoms with van der Waals surface area (Å²) in [5, 5.41) is 6.69. The van der Waals surface area contributed by atoms with Crippen LogP contribution in [0.1, 0.15) is 196 Å². The van der Waals surface area contributed by atoms with E-state index >= 15 is 0 Å². The summed E-state index contributed by atoms with van der Waals surface area (Å²) < 4.78 is 197. The minimum absolute atomic E-state index is 0.128. The van der Waals surface area contributed by atoms with Crippen molar-refractivity contribution in [1.29, 1.82) is 0 Å². The minimum Gasteiger partial charge on any atom is -0.455 e. The number of aromatic nitrogens is 4. The van der Waals surface area contributed by atoms with E-state index in [0.717, 1.165) is 127 Å². The molecule has 0 bridgehead atoms. The average Bonchev–Trinajstić information content (AvgIpc) is 1.06. The van der Waals surface area contributed by atoms with E-state index in [9.17, 15) is 0 Å². The molecule has 0 N–H and O–H groups in total. The van der Waals surface area contributed by atoms with Gasteiger partial charge in [0.15, 0.2) is 45.5 Å². The summed E-state index contributed by atoms with van der Waals surface area (Å²) in [6.45, 7) is 47.1. The lowest BCUT2D eigenvalue weighted by Gasteiger charge is -2.11. The molecular formula is C100H100N8O4+4. The van der Waals surface area contributed by atoms with Crippen LogP contribution >= 0.6 is 0 Å². The van der Waals surface area contributed by atoms with E-state index < -0.39 is 51.0 Å². The first-order chi connectivity index (χ1) is 61.2. The van der Waals surface area contributed by atoms with Crippen molar-refractivity contribution in [1.82, 2.24) is 0 Å². The van der Waals surface area contributed by atoms with Gasteiger partial charge in [0.25, 0.3) is 0 Å². The summed E-state index contributed by atoms with van der Waals surface area (Å²) in [4.78, 5) is 14.4. The van der Waals surface area contributed by atoms with Crippen LogP contribution in [-0.4, -0.2) is 0 Å². The molecule has 0 radical (unpaired) electrons. The van der Waals surface area contributed by atoms with Gasteiger partial charge in [0.05, 0.1) is 54.0 Å². The molecule has 8 aromatic carbocycles. The van der Waals surface area contributed by atoms with Gasteiger partial charge < -0.3 is 17.7 Å². The second-order valence-corrected chi connectivity index (χ2v) is 29.3. The normalized spacial score (nSPS) is 16.6.